The number of nitrogens with two attached hydrogens (primary N) is 1. The van der Waals surface area contributed by atoms with Gasteiger partial charge in [0.05, 0.1) is 22.1 Å². The predicted molar refractivity (Wildman–Crippen MR) is 141 cm³/mol. The van der Waals surface area contributed by atoms with E-state index in [9.17, 15) is 0 Å². The van der Waals surface area contributed by atoms with E-state index < -0.39 is 6.04 Å². The summed E-state index contributed by atoms with van der Waals surface area (Å²) in [5.41, 5.74) is 11.2. The third kappa shape index (κ3) is 6.89. The van der Waals surface area contributed by atoms with Gasteiger partial charge in [0, 0.05) is 25.5 Å². The van der Waals surface area contributed by atoms with E-state index in [1.54, 1.807) is 30.7 Å². The lowest BCUT2D eigenvalue weighted by Gasteiger charge is -2.10. The van der Waals surface area contributed by atoms with Gasteiger partial charge in [0.1, 0.15) is 17.7 Å². The first-order valence-electron chi connectivity index (χ1n) is 11.3. The summed E-state index contributed by atoms with van der Waals surface area (Å²) in [5, 5.41) is 4.19. The molecule has 0 aliphatic heterocycles. The number of aromatic nitrogens is 4. The topological polar surface area (TPSA) is 98.8 Å². The average molecular weight is 485 g/mol. The van der Waals surface area contributed by atoms with E-state index in [-0.39, 0.29) is 6.01 Å². The molecule has 35 heavy (non-hydrogen) atoms. The lowest BCUT2D eigenvalue weighted by molar-refractivity contribution is 0.324. The number of allylic oxidation sites excluding steroid dienone is 2. The van der Waals surface area contributed by atoms with Crippen molar-refractivity contribution >= 4 is 21.6 Å². The van der Waals surface area contributed by atoms with E-state index >= 15 is 0 Å². The fourth-order valence-corrected chi connectivity index (χ4v) is 4.31. The summed E-state index contributed by atoms with van der Waals surface area (Å²) >= 11 is 1.53. The number of ether oxygens (including phenoxy) is 1. The highest BCUT2D eigenvalue weighted by molar-refractivity contribution is 7.18. The molecule has 0 aliphatic carbocycles. The van der Waals surface area contributed by atoms with Crippen molar-refractivity contribution in [2.45, 2.75) is 19.5 Å². The molecule has 178 valence electrons. The molecule has 0 saturated carbocycles. The summed E-state index contributed by atoms with van der Waals surface area (Å²) in [6.45, 7) is 7.86. The fraction of sp³-hybridized carbons (Fsp3) is 0.185. The van der Waals surface area contributed by atoms with E-state index in [0.29, 0.717) is 12.3 Å². The number of fused-ring (bicyclic) bond motifs is 1. The number of hydrogen-bond acceptors (Lipinski definition) is 8. The van der Waals surface area contributed by atoms with Crippen molar-refractivity contribution in [3.05, 3.63) is 113 Å². The molecule has 0 bridgehead atoms. The van der Waals surface area contributed by atoms with Crippen molar-refractivity contribution in [2.24, 2.45) is 5.73 Å². The Bertz CT molecular complexity index is 1300. The van der Waals surface area contributed by atoms with Crippen LogP contribution in [0.3, 0.4) is 0 Å². The molecule has 4 aromatic rings. The van der Waals surface area contributed by atoms with Crippen LogP contribution in [-0.2, 0) is 6.54 Å². The first kappa shape index (κ1) is 24.4. The average Bonchev–Trinajstić information content (AvgIpc) is 3.34. The summed E-state index contributed by atoms with van der Waals surface area (Å²) in [6.07, 6.45) is 11.1. The number of nitrogens with one attached hydrogen (secondary N) is 1. The molecule has 0 radical (unpaired) electrons. The molecule has 8 heteroatoms. The highest BCUT2D eigenvalue weighted by atomic mass is 32.1. The van der Waals surface area contributed by atoms with Crippen LogP contribution in [0.15, 0.2) is 97.0 Å². The lowest BCUT2D eigenvalue weighted by Crippen LogP contribution is -2.14. The normalized spacial score (nSPS) is 13.1. The van der Waals surface area contributed by atoms with E-state index in [1.165, 1.54) is 16.9 Å². The van der Waals surface area contributed by atoms with Crippen LogP contribution in [0.25, 0.3) is 10.2 Å². The second kappa shape index (κ2) is 12.1. The molecule has 3 N–H and O–H groups in total. The van der Waals surface area contributed by atoms with Crippen LogP contribution in [0.5, 0.6) is 6.01 Å². The van der Waals surface area contributed by atoms with E-state index in [1.807, 2.05) is 30.3 Å². The van der Waals surface area contributed by atoms with Crippen LogP contribution >= 0.6 is 11.3 Å². The Morgan fingerprint density at radius 3 is 2.83 bits per heavy atom. The van der Waals surface area contributed by atoms with Crippen LogP contribution < -0.4 is 15.8 Å². The van der Waals surface area contributed by atoms with Gasteiger partial charge in [-0.2, -0.15) is 4.98 Å². The molecule has 3 heterocycles. The van der Waals surface area contributed by atoms with Gasteiger partial charge in [0.25, 0.3) is 0 Å². The minimum Gasteiger partial charge on any atom is -0.459 e. The van der Waals surface area contributed by atoms with E-state index in [2.05, 4.69) is 57.0 Å². The van der Waals surface area contributed by atoms with Gasteiger partial charge in [-0.15, -0.1) is 11.3 Å². The second-order valence-electron chi connectivity index (χ2n) is 7.91. The summed E-state index contributed by atoms with van der Waals surface area (Å²) in [7, 11) is 0. The lowest BCUT2D eigenvalue weighted by atomic mass is 10.1. The Kier molecular flexibility index (Phi) is 8.45. The summed E-state index contributed by atoms with van der Waals surface area (Å²) in [5.74, 6) is 0. The maximum absolute atomic E-state index is 6.43. The first-order chi connectivity index (χ1) is 17.1. The minimum atomic E-state index is -0.472. The SMILES string of the molecule is C=CC(=CC(C)=CCNCc1ccccc1)COc1nccc(C(N)c2nc3cnccc3s2)n1. The Labute approximate surface area is 209 Å². The highest BCUT2D eigenvalue weighted by Gasteiger charge is 2.16. The highest BCUT2D eigenvalue weighted by Crippen LogP contribution is 2.27. The molecule has 3 aromatic heterocycles. The Morgan fingerprint density at radius 1 is 1.17 bits per heavy atom. The quantitative estimate of drug-likeness (QED) is 0.234. The minimum absolute atomic E-state index is 0.264. The molecule has 4 rings (SSSR count). The van der Waals surface area contributed by atoms with Gasteiger partial charge in [-0.1, -0.05) is 60.7 Å². The van der Waals surface area contributed by atoms with Crippen LogP contribution in [0.4, 0.5) is 0 Å². The van der Waals surface area contributed by atoms with Gasteiger partial charge >= 0.3 is 6.01 Å². The Balaban J connectivity index is 1.33. The summed E-state index contributed by atoms with van der Waals surface area (Å²) < 4.78 is 6.88. The van der Waals surface area contributed by atoms with Gasteiger partial charge < -0.3 is 15.8 Å². The van der Waals surface area contributed by atoms with Crippen molar-refractivity contribution in [3.8, 4) is 6.01 Å². The number of rotatable bonds is 11. The number of pyridine rings is 1. The summed E-state index contributed by atoms with van der Waals surface area (Å²) in [4.78, 5) is 17.4. The van der Waals surface area contributed by atoms with Crippen molar-refractivity contribution in [1.29, 1.82) is 0 Å². The Hall–Kier alpha value is -3.72. The van der Waals surface area contributed by atoms with Crippen molar-refractivity contribution < 1.29 is 4.74 Å². The maximum atomic E-state index is 6.43. The van der Waals surface area contributed by atoms with Crippen molar-refractivity contribution in [1.82, 2.24) is 25.3 Å². The summed E-state index contributed by atoms with van der Waals surface area (Å²) in [6, 6.07) is 13.8. The number of benzene rings is 1. The van der Waals surface area contributed by atoms with Crippen LogP contribution in [0.2, 0.25) is 0 Å². The van der Waals surface area contributed by atoms with Gasteiger partial charge in [-0.3, -0.25) is 4.98 Å². The third-order valence-electron chi connectivity index (χ3n) is 5.23. The van der Waals surface area contributed by atoms with E-state index in [4.69, 9.17) is 10.5 Å². The van der Waals surface area contributed by atoms with Gasteiger partial charge in [-0.05, 0) is 30.2 Å². The van der Waals surface area contributed by atoms with Crippen LogP contribution in [0, 0.1) is 0 Å². The monoisotopic (exact) mass is 484 g/mol. The van der Waals surface area contributed by atoms with Gasteiger partial charge in [0.15, 0.2) is 0 Å². The molecule has 0 spiro atoms. The standard InChI is InChI=1S/C27H28N6OS/c1-3-20(15-19(2)9-12-29-16-21-7-5-4-6-8-21)18-34-27-31-14-10-22(33-27)25(28)26-32-23-17-30-13-11-24(23)35-26/h3-11,13-15,17,25,29H,1,12,16,18,28H2,2H3. The Morgan fingerprint density at radius 2 is 2.03 bits per heavy atom. The fourth-order valence-electron chi connectivity index (χ4n) is 3.36. The molecule has 1 aromatic carbocycles. The molecule has 7 nitrogen and oxygen atoms in total. The largest absolute Gasteiger partial charge is 0.459 e. The molecule has 1 atom stereocenters. The first-order valence-corrected chi connectivity index (χ1v) is 12.1. The van der Waals surface area contributed by atoms with Gasteiger partial charge in [0.2, 0.25) is 0 Å². The zero-order chi connectivity index (χ0) is 24.5. The van der Waals surface area contributed by atoms with Crippen molar-refractivity contribution in [2.75, 3.05) is 13.2 Å². The second-order valence-corrected chi connectivity index (χ2v) is 8.98. The van der Waals surface area contributed by atoms with E-state index in [0.717, 1.165) is 39.5 Å². The number of thiazole rings is 1. The maximum Gasteiger partial charge on any atom is 0.316 e. The van der Waals surface area contributed by atoms with Gasteiger partial charge in [-0.25, -0.2) is 9.97 Å². The zero-order valence-corrected chi connectivity index (χ0v) is 20.4. The molecular weight excluding hydrogens is 456 g/mol. The molecule has 0 fully saturated rings. The molecule has 0 amide bonds. The molecule has 0 aliphatic rings. The number of hydrogen-bond donors (Lipinski definition) is 2. The predicted octanol–water partition coefficient (Wildman–Crippen LogP) is 4.76. The number of nitrogens with zero attached hydrogens (tertiary/aromatic N) is 4. The smallest absolute Gasteiger partial charge is 0.316 e. The van der Waals surface area contributed by atoms with Crippen molar-refractivity contribution in [3.63, 3.8) is 0 Å². The molecule has 0 saturated heterocycles. The third-order valence-corrected chi connectivity index (χ3v) is 6.35. The molecular formula is C27H28N6OS. The van der Waals surface area contributed by atoms with Crippen LogP contribution in [0.1, 0.15) is 29.2 Å². The van der Waals surface area contributed by atoms with Crippen LogP contribution in [-0.4, -0.2) is 33.1 Å². The zero-order valence-electron chi connectivity index (χ0n) is 19.6. The molecule has 1 unspecified atom stereocenters.